The second-order valence-corrected chi connectivity index (χ2v) is 8.47. The second kappa shape index (κ2) is 6.42. The highest BCUT2D eigenvalue weighted by Gasteiger charge is 2.32. The molecule has 0 spiro atoms. The number of anilines is 2. The van der Waals surface area contributed by atoms with E-state index < -0.39 is 15.8 Å². The lowest BCUT2D eigenvalue weighted by atomic mass is 10.1. The Labute approximate surface area is 154 Å². The molecule has 1 heterocycles. The van der Waals surface area contributed by atoms with Crippen LogP contribution < -0.4 is 9.62 Å². The van der Waals surface area contributed by atoms with Crippen molar-refractivity contribution in [1.82, 2.24) is 0 Å². The van der Waals surface area contributed by atoms with E-state index in [9.17, 15) is 17.6 Å². The fourth-order valence-corrected chi connectivity index (χ4v) is 5.23. The Morgan fingerprint density at radius 2 is 2.04 bits per heavy atom. The molecule has 0 fully saturated rings. The van der Waals surface area contributed by atoms with Crippen LogP contribution in [-0.2, 0) is 21.2 Å². The van der Waals surface area contributed by atoms with Gasteiger partial charge in [0.25, 0.3) is 10.0 Å². The number of nitrogens with zero attached hydrogens (tertiary/aromatic N) is 1. The third-order valence-electron chi connectivity index (χ3n) is 4.05. The lowest BCUT2D eigenvalue weighted by Crippen LogP contribution is -2.33. The van der Waals surface area contributed by atoms with Gasteiger partial charge in [-0.25, -0.2) is 12.8 Å². The molecule has 1 aliphatic heterocycles. The van der Waals surface area contributed by atoms with Gasteiger partial charge < -0.3 is 4.90 Å². The zero-order chi connectivity index (χ0) is 18.4. The van der Waals surface area contributed by atoms with E-state index in [2.05, 4.69) is 20.7 Å². The molecule has 0 saturated carbocycles. The van der Waals surface area contributed by atoms with E-state index >= 15 is 0 Å². The summed E-state index contributed by atoms with van der Waals surface area (Å²) in [6, 6.07) is 8.38. The highest BCUT2D eigenvalue weighted by molar-refractivity contribution is 9.10. The van der Waals surface area contributed by atoms with Crippen LogP contribution in [0.5, 0.6) is 0 Å². The molecule has 25 heavy (non-hydrogen) atoms. The van der Waals surface area contributed by atoms with Crippen LogP contribution in [0.25, 0.3) is 0 Å². The normalized spacial score (nSPS) is 16.6. The molecule has 0 radical (unpaired) electrons. The fourth-order valence-electron chi connectivity index (χ4n) is 3.07. The number of nitrogens with one attached hydrogen (secondary N) is 1. The minimum absolute atomic E-state index is 0.00383. The van der Waals surface area contributed by atoms with Crippen LogP contribution in [0.2, 0.25) is 0 Å². The van der Waals surface area contributed by atoms with Gasteiger partial charge in [-0.15, -0.1) is 0 Å². The van der Waals surface area contributed by atoms with Gasteiger partial charge in [0, 0.05) is 23.1 Å². The van der Waals surface area contributed by atoms with Crippen LogP contribution >= 0.6 is 15.9 Å². The van der Waals surface area contributed by atoms with E-state index in [1.807, 2.05) is 6.92 Å². The maximum atomic E-state index is 13.3. The molecular formula is C17H16BrFN2O3S. The molecule has 1 atom stereocenters. The molecule has 2 aromatic rings. The molecule has 3 rings (SSSR count). The van der Waals surface area contributed by atoms with Gasteiger partial charge in [-0.1, -0.05) is 6.07 Å². The van der Waals surface area contributed by atoms with E-state index in [0.29, 0.717) is 16.6 Å². The number of fused-ring (bicyclic) bond motifs is 1. The molecule has 132 valence electrons. The van der Waals surface area contributed by atoms with Crippen molar-refractivity contribution < 1.29 is 17.6 Å². The Kier molecular flexibility index (Phi) is 4.59. The summed E-state index contributed by atoms with van der Waals surface area (Å²) in [6.07, 6.45) is 0.658. The van der Waals surface area contributed by atoms with Crippen LogP contribution in [-0.4, -0.2) is 20.4 Å². The Morgan fingerprint density at radius 3 is 2.68 bits per heavy atom. The van der Waals surface area contributed by atoms with Crippen LogP contribution in [0.15, 0.2) is 45.8 Å². The monoisotopic (exact) mass is 426 g/mol. The molecule has 1 amide bonds. The molecule has 2 aromatic carbocycles. The maximum Gasteiger partial charge on any atom is 0.263 e. The van der Waals surface area contributed by atoms with E-state index in [1.165, 1.54) is 31.2 Å². The number of rotatable bonds is 3. The van der Waals surface area contributed by atoms with Crippen molar-refractivity contribution in [2.45, 2.75) is 31.2 Å². The number of halogens is 2. The zero-order valence-electron chi connectivity index (χ0n) is 13.6. The third-order valence-corrected chi connectivity index (χ3v) is 6.39. The predicted octanol–water partition coefficient (Wildman–Crippen LogP) is 3.69. The van der Waals surface area contributed by atoms with Gasteiger partial charge in [0.1, 0.15) is 10.7 Å². The number of hydrogen-bond donors (Lipinski definition) is 1. The summed E-state index contributed by atoms with van der Waals surface area (Å²) < 4.78 is 41.5. The van der Waals surface area contributed by atoms with Crippen molar-refractivity contribution in [3.8, 4) is 0 Å². The van der Waals surface area contributed by atoms with Gasteiger partial charge >= 0.3 is 0 Å². The molecule has 0 aliphatic carbocycles. The van der Waals surface area contributed by atoms with Crippen molar-refractivity contribution in [2.75, 3.05) is 9.62 Å². The van der Waals surface area contributed by atoms with Gasteiger partial charge in [0.2, 0.25) is 5.91 Å². The van der Waals surface area contributed by atoms with Crippen molar-refractivity contribution in [3.05, 3.63) is 52.3 Å². The van der Waals surface area contributed by atoms with Crippen molar-refractivity contribution >= 4 is 43.2 Å². The van der Waals surface area contributed by atoms with E-state index in [-0.39, 0.29) is 22.5 Å². The first kappa shape index (κ1) is 17.9. The quantitative estimate of drug-likeness (QED) is 0.813. The van der Waals surface area contributed by atoms with Crippen molar-refractivity contribution in [2.24, 2.45) is 0 Å². The van der Waals surface area contributed by atoms with Gasteiger partial charge in [0.15, 0.2) is 0 Å². The van der Waals surface area contributed by atoms with Gasteiger partial charge in [-0.05, 0) is 65.2 Å². The molecule has 1 N–H and O–H groups in total. The first-order valence-electron chi connectivity index (χ1n) is 7.59. The summed E-state index contributed by atoms with van der Waals surface area (Å²) in [5, 5.41) is 0. The summed E-state index contributed by atoms with van der Waals surface area (Å²) in [7, 11) is -3.95. The van der Waals surface area contributed by atoms with Gasteiger partial charge in [-0.2, -0.15) is 0 Å². The predicted molar refractivity (Wildman–Crippen MR) is 97.7 cm³/mol. The largest absolute Gasteiger partial charge is 0.309 e. The SMILES string of the molecule is CC(=O)N1c2cc(S(=O)(=O)Nc3cccc(F)c3)c(Br)cc2CC1C. The topological polar surface area (TPSA) is 66.5 Å². The lowest BCUT2D eigenvalue weighted by molar-refractivity contribution is -0.116. The molecule has 0 bridgehead atoms. The number of hydrogen-bond acceptors (Lipinski definition) is 3. The number of sulfonamides is 1. The Balaban J connectivity index is 2.04. The average molecular weight is 427 g/mol. The van der Waals surface area contributed by atoms with Crippen molar-refractivity contribution in [3.63, 3.8) is 0 Å². The maximum absolute atomic E-state index is 13.3. The summed E-state index contributed by atoms with van der Waals surface area (Å²) in [5.41, 5.74) is 1.62. The van der Waals surface area contributed by atoms with Gasteiger partial charge in [-0.3, -0.25) is 9.52 Å². The number of amides is 1. The smallest absolute Gasteiger partial charge is 0.263 e. The molecule has 1 unspecified atom stereocenters. The van der Waals surface area contributed by atoms with E-state index in [4.69, 9.17) is 0 Å². The Morgan fingerprint density at radius 1 is 1.32 bits per heavy atom. The van der Waals surface area contributed by atoms with Gasteiger partial charge in [0.05, 0.1) is 5.69 Å². The van der Waals surface area contributed by atoms with E-state index in [0.717, 1.165) is 11.6 Å². The average Bonchev–Trinajstić information content (AvgIpc) is 2.80. The molecule has 0 aromatic heterocycles. The molecule has 1 aliphatic rings. The molecule has 0 saturated heterocycles. The summed E-state index contributed by atoms with van der Waals surface area (Å²) in [4.78, 5) is 13.5. The highest BCUT2D eigenvalue weighted by Crippen LogP contribution is 2.38. The molecular weight excluding hydrogens is 411 g/mol. The first-order valence-corrected chi connectivity index (χ1v) is 9.87. The Hall–Kier alpha value is -1.93. The highest BCUT2D eigenvalue weighted by atomic mass is 79.9. The number of benzene rings is 2. The summed E-state index contributed by atoms with van der Waals surface area (Å²) >= 11 is 3.29. The zero-order valence-corrected chi connectivity index (χ0v) is 16.0. The lowest BCUT2D eigenvalue weighted by Gasteiger charge is -2.21. The standard InChI is InChI=1S/C17H16BrFN2O3S/c1-10-6-12-7-15(18)17(9-16(12)21(10)11(2)22)25(23,24)20-14-5-3-4-13(19)8-14/h3-5,7-10,20H,6H2,1-2H3. The summed E-state index contributed by atoms with van der Waals surface area (Å²) in [6.45, 7) is 3.36. The minimum Gasteiger partial charge on any atom is -0.309 e. The Bertz CT molecular complexity index is 962. The third kappa shape index (κ3) is 3.41. The van der Waals surface area contributed by atoms with Crippen molar-refractivity contribution in [1.29, 1.82) is 0 Å². The van der Waals surface area contributed by atoms with Crippen LogP contribution in [0.3, 0.4) is 0 Å². The van der Waals surface area contributed by atoms with Crippen LogP contribution in [0.4, 0.5) is 15.8 Å². The second-order valence-electron chi connectivity index (χ2n) is 5.97. The first-order chi connectivity index (χ1) is 11.7. The fraction of sp³-hybridized carbons (Fsp3) is 0.235. The van der Waals surface area contributed by atoms with E-state index in [1.54, 1.807) is 11.0 Å². The molecule has 5 nitrogen and oxygen atoms in total. The summed E-state index contributed by atoms with van der Waals surface area (Å²) in [5.74, 6) is -0.681. The number of carbonyl (C=O) groups is 1. The minimum atomic E-state index is -3.95. The number of carbonyl (C=O) groups excluding carboxylic acids is 1. The van der Waals surface area contributed by atoms with Crippen LogP contribution in [0.1, 0.15) is 19.4 Å². The molecule has 8 heteroatoms. The van der Waals surface area contributed by atoms with Crippen LogP contribution in [0, 0.1) is 5.82 Å².